The van der Waals surface area contributed by atoms with Gasteiger partial charge in [-0.1, -0.05) is 11.6 Å². The first-order chi connectivity index (χ1) is 9.53. The second kappa shape index (κ2) is 6.37. The van der Waals surface area contributed by atoms with Gasteiger partial charge in [0, 0.05) is 12.6 Å². The van der Waals surface area contributed by atoms with Gasteiger partial charge in [0.1, 0.15) is 0 Å². The van der Waals surface area contributed by atoms with Crippen molar-refractivity contribution in [2.45, 2.75) is 30.6 Å². The molecule has 0 amide bonds. The monoisotopic (exact) mass is 299 g/mol. The smallest absolute Gasteiger partial charge is 0.240 e. The third-order valence-corrected chi connectivity index (χ3v) is 4.71. The van der Waals surface area contributed by atoms with Crippen LogP contribution >= 0.6 is 0 Å². The summed E-state index contributed by atoms with van der Waals surface area (Å²) in [4.78, 5) is 0.00663. The Morgan fingerprint density at radius 2 is 2.15 bits per heavy atom. The maximum Gasteiger partial charge on any atom is 0.240 e. The second-order valence-corrected chi connectivity index (χ2v) is 6.50. The van der Waals surface area contributed by atoms with Gasteiger partial charge in [-0.05, 0) is 37.8 Å². The van der Waals surface area contributed by atoms with E-state index in [2.05, 4.69) is 10.8 Å². The minimum absolute atomic E-state index is 0.00663. The lowest BCUT2D eigenvalue weighted by molar-refractivity contribution is 0.385. The largest absolute Gasteiger partial charge is 0.494 e. The van der Waals surface area contributed by atoms with Gasteiger partial charge in [-0.15, -0.1) is 0 Å². The molecule has 1 aliphatic rings. The van der Waals surface area contributed by atoms with Crippen LogP contribution < -0.4 is 9.46 Å². The highest BCUT2D eigenvalue weighted by atomic mass is 32.2. The highest BCUT2D eigenvalue weighted by Crippen LogP contribution is 2.22. The van der Waals surface area contributed by atoms with Crippen LogP contribution in [0.1, 0.15) is 25.7 Å². The average Bonchev–Trinajstić information content (AvgIpc) is 2.46. The lowest BCUT2D eigenvalue weighted by atomic mass is 10.0. The third kappa shape index (κ3) is 3.58. The Balaban J connectivity index is 2.11. The number of methoxy groups -OCH3 is 1. The van der Waals surface area contributed by atoms with E-state index in [0.717, 1.165) is 37.3 Å². The molecule has 4 nitrogen and oxygen atoms in total. The molecule has 0 fully saturated rings. The summed E-state index contributed by atoms with van der Waals surface area (Å²) in [5, 5.41) is 0. The van der Waals surface area contributed by atoms with Crippen LogP contribution in [-0.4, -0.2) is 22.1 Å². The van der Waals surface area contributed by atoms with E-state index in [1.54, 1.807) is 0 Å². The van der Waals surface area contributed by atoms with Crippen LogP contribution in [0.5, 0.6) is 5.75 Å². The molecule has 6 heteroatoms. The van der Waals surface area contributed by atoms with Crippen molar-refractivity contribution >= 4 is 10.0 Å². The SMILES string of the molecule is COc1cc(S(=O)(=O)NCC2=CCCCC2)ccc1F. The van der Waals surface area contributed by atoms with Gasteiger partial charge in [-0.25, -0.2) is 17.5 Å². The van der Waals surface area contributed by atoms with Crippen molar-refractivity contribution in [3.05, 3.63) is 35.7 Å². The second-order valence-electron chi connectivity index (χ2n) is 4.73. The van der Waals surface area contributed by atoms with Crippen LogP contribution in [0.2, 0.25) is 0 Å². The Morgan fingerprint density at radius 3 is 2.80 bits per heavy atom. The molecule has 1 aliphatic carbocycles. The van der Waals surface area contributed by atoms with Crippen LogP contribution in [0, 0.1) is 5.82 Å². The van der Waals surface area contributed by atoms with E-state index in [0.29, 0.717) is 6.54 Å². The van der Waals surface area contributed by atoms with Crippen molar-refractivity contribution in [1.82, 2.24) is 4.72 Å². The van der Waals surface area contributed by atoms with Gasteiger partial charge in [0.05, 0.1) is 12.0 Å². The Labute approximate surface area is 118 Å². The van der Waals surface area contributed by atoms with Crippen molar-refractivity contribution in [3.8, 4) is 5.75 Å². The summed E-state index contributed by atoms with van der Waals surface area (Å²) in [5.74, 6) is -0.661. The average molecular weight is 299 g/mol. The number of ether oxygens (including phenoxy) is 1. The standard InChI is InChI=1S/C14H18FNO3S/c1-19-14-9-12(7-8-13(14)15)20(17,18)16-10-11-5-3-2-4-6-11/h5,7-9,16H,2-4,6,10H2,1H3. The van der Waals surface area contributed by atoms with Crippen molar-refractivity contribution in [3.63, 3.8) is 0 Å². The number of allylic oxidation sites excluding steroid dienone is 1. The van der Waals surface area contributed by atoms with E-state index >= 15 is 0 Å². The van der Waals surface area contributed by atoms with Gasteiger partial charge in [0.2, 0.25) is 10.0 Å². The molecule has 1 N–H and O–H groups in total. The maximum atomic E-state index is 13.3. The molecule has 1 aromatic carbocycles. The first-order valence-corrected chi connectivity index (χ1v) is 8.02. The molecule has 110 valence electrons. The molecule has 0 unspecified atom stereocenters. The summed E-state index contributed by atoms with van der Waals surface area (Å²) in [5.41, 5.74) is 1.11. The van der Waals surface area contributed by atoms with E-state index in [4.69, 9.17) is 4.74 Å². The number of sulfonamides is 1. The third-order valence-electron chi connectivity index (χ3n) is 3.31. The number of nitrogens with one attached hydrogen (secondary N) is 1. The fourth-order valence-corrected chi connectivity index (χ4v) is 3.19. The number of hydrogen-bond acceptors (Lipinski definition) is 3. The molecular weight excluding hydrogens is 281 g/mol. The fraction of sp³-hybridized carbons (Fsp3) is 0.429. The van der Waals surface area contributed by atoms with E-state index in [1.165, 1.54) is 19.2 Å². The highest BCUT2D eigenvalue weighted by Gasteiger charge is 2.17. The van der Waals surface area contributed by atoms with Gasteiger partial charge >= 0.3 is 0 Å². The van der Waals surface area contributed by atoms with Gasteiger partial charge < -0.3 is 4.74 Å². The summed E-state index contributed by atoms with van der Waals surface area (Å²) < 4.78 is 44.9. The molecule has 0 saturated heterocycles. The van der Waals surface area contributed by atoms with Crippen molar-refractivity contribution in [1.29, 1.82) is 0 Å². The molecule has 1 aromatic rings. The molecule has 0 aromatic heterocycles. The predicted molar refractivity (Wildman–Crippen MR) is 74.7 cm³/mol. The quantitative estimate of drug-likeness (QED) is 0.850. The molecule has 0 radical (unpaired) electrons. The topological polar surface area (TPSA) is 55.4 Å². The Morgan fingerprint density at radius 1 is 1.35 bits per heavy atom. The summed E-state index contributed by atoms with van der Waals surface area (Å²) in [7, 11) is -2.35. The van der Waals surface area contributed by atoms with Crippen LogP contribution in [0.4, 0.5) is 4.39 Å². The molecule has 0 heterocycles. The molecule has 2 rings (SSSR count). The fourth-order valence-electron chi connectivity index (χ4n) is 2.14. The van der Waals surface area contributed by atoms with E-state index in [1.807, 2.05) is 0 Å². The summed E-state index contributed by atoms with van der Waals surface area (Å²) >= 11 is 0. The normalized spacial score (nSPS) is 15.8. The summed E-state index contributed by atoms with van der Waals surface area (Å²) in [6, 6.07) is 3.51. The van der Waals surface area contributed by atoms with Crippen molar-refractivity contribution in [2.24, 2.45) is 0 Å². The predicted octanol–water partition coefficient (Wildman–Crippen LogP) is 2.61. The van der Waals surface area contributed by atoms with Crippen LogP contribution in [0.25, 0.3) is 0 Å². The molecule has 0 atom stereocenters. The lowest BCUT2D eigenvalue weighted by Crippen LogP contribution is -2.26. The molecule has 0 saturated carbocycles. The summed E-state index contributed by atoms with van der Waals surface area (Å²) in [6.07, 6.45) is 6.26. The first kappa shape index (κ1) is 15.0. The zero-order chi connectivity index (χ0) is 14.6. The molecule has 0 spiro atoms. The Bertz CT molecular complexity index is 611. The zero-order valence-electron chi connectivity index (χ0n) is 11.4. The number of halogens is 1. The van der Waals surface area contributed by atoms with Crippen molar-refractivity contribution < 1.29 is 17.5 Å². The lowest BCUT2D eigenvalue weighted by Gasteiger charge is -2.14. The molecule has 0 aliphatic heterocycles. The number of hydrogen-bond donors (Lipinski definition) is 1. The van der Waals surface area contributed by atoms with Crippen LogP contribution in [-0.2, 0) is 10.0 Å². The Kier molecular flexibility index (Phi) is 4.77. The summed E-state index contributed by atoms with van der Waals surface area (Å²) in [6.45, 7) is 0.308. The van der Waals surface area contributed by atoms with E-state index in [9.17, 15) is 12.8 Å². The van der Waals surface area contributed by atoms with Gasteiger partial charge in [0.25, 0.3) is 0 Å². The van der Waals surface area contributed by atoms with E-state index in [-0.39, 0.29) is 10.6 Å². The molecule has 0 bridgehead atoms. The first-order valence-electron chi connectivity index (χ1n) is 6.54. The van der Waals surface area contributed by atoms with Crippen LogP contribution in [0.3, 0.4) is 0 Å². The van der Waals surface area contributed by atoms with Crippen LogP contribution in [0.15, 0.2) is 34.7 Å². The number of rotatable bonds is 5. The van der Waals surface area contributed by atoms with Gasteiger partial charge in [-0.2, -0.15) is 0 Å². The van der Waals surface area contributed by atoms with Crippen molar-refractivity contribution in [2.75, 3.05) is 13.7 Å². The maximum absolute atomic E-state index is 13.3. The van der Waals surface area contributed by atoms with Gasteiger partial charge in [-0.3, -0.25) is 0 Å². The zero-order valence-corrected chi connectivity index (χ0v) is 12.2. The molecular formula is C14H18FNO3S. The molecule has 20 heavy (non-hydrogen) atoms. The minimum Gasteiger partial charge on any atom is -0.494 e. The minimum atomic E-state index is -3.65. The number of benzene rings is 1. The van der Waals surface area contributed by atoms with Gasteiger partial charge in [0.15, 0.2) is 11.6 Å². The van der Waals surface area contributed by atoms with E-state index < -0.39 is 15.8 Å². The highest BCUT2D eigenvalue weighted by molar-refractivity contribution is 7.89. The Hall–Kier alpha value is -1.40.